The number of aromatic nitrogens is 2. The zero-order chi connectivity index (χ0) is 15.7. The quantitative estimate of drug-likeness (QED) is 0.855. The second kappa shape index (κ2) is 5.44. The summed E-state index contributed by atoms with van der Waals surface area (Å²) in [4.78, 5) is 37.2. The molecule has 0 fully saturated rings. The maximum Gasteiger partial charge on any atom is 0.261 e. The van der Waals surface area contributed by atoms with Crippen molar-refractivity contribution in [2.75, 3.05) is 11.9 Å². The molecule has 7 nitrogen and oxygen atoms in total. The maximum absolute atomic E-state index is 12.1. The Labute approximate surface area is 126 Å². The van der Waals surface area contributed by atoms with E-state index in [2.05, 4.69) is 10.4 Å². The smallest absolute Gasteiger partial charge is 0.261 e. The molecule has 2 heterocycles. The Bertz CT molecular complexity index is 731. The first-order chi connectivity index (χ1) is 10.6. The van der Waals surface area contributed by atoms with Crippen molar-refractivity contribution >= 4 is 23.5 Å². The van der Waals surface area contributed by atoms with Crippen molar-refractivity contribution in [2.45, 2.75) is 6.42 Å². The summed E-state index contributed by atoms with van der Waals surface area (Å²) < 4.78 is 1.57. The maximum atomic E-state index is 12.1. The fourth-order valence-electron chi connectivity index (χ4n) is 2.34. The molecule has 0 spiro atoms. The van der Waals surface area contributed by atoms with Crippen LogP contribution in [0.5, 0.6) is 0 Å². The van der Waals surface area contributed by atoms with Crippen LogP contribution in [0, 0.1) is 0 Å². The number of nitrogens with one attached hydrogen (secondary N) is 1. The number of carbonyl (C=O) groups is 3. The van der Waals surface area contributed by atoms with Crippen LogP contribution in [0.3, 0.4) is 0 Å². The normalized spacial score (nSPS) is 13.4. The van der Waals surface area contributed by atoms with Crippen LogP contribution in [-0.4, -0.2) is 38.9 Å². The third kappa shape index (κ3) is 2.48. The first kappa shape index (κ1) is 14.0. The molecule has 1 aliphatic rings. The molecule has 1 aliphatic heterocycles. The van der Waals surface area contributed by atoms with Crippen LogP contribution in [0.4, 0.5) is 5.82 Å². The number of imide groups is 1. The van der Waals surface area contributed by atoms with Gasteiger partial charge in [-0.15, -0.1) is 0 Å². The number of hydrogen-bond donors (Lipinski definition) is 1. The standard InChI is InChI=1S/C15H14N4O3/c1-18-8-6-12(17-18)16-13(20)7-9-19-14(21)10-4-2-3-5-11(10)15(19)22/h2-6,8H,7,9H2,1H3,(H,16,17,20). The molecule has 0 bridgehead atoms. The van der Waals surface area contributed by atoms with Crippen LogP contribution in [0.25, 0.3) is 0 Å². The van der Waals surface area contributed by atoms with E-state index in [0.717, 1.165) is 4.90 Å². The SMILES string of the molecule is Cn1ccc(NC(=O)CCN2C(=O)c3ccccc3C2=O)n1. The van der Waals surface area contributed by atoms with Crippen LogP contribution >= 0.6 is 0 Å². The van der Waals surface area contributed by atoms with Crippen molar-refractivity contribution in [1.29, 1.82) is 0 Å². The van der Waals surface area contributed by atoms with E-state index in [-0.39, 0.29) is 30.7 Å². The lowest BCUT2D eigenvalue weighted by Gasteiger charge is -2.13. The van der Waals surface area contributed by atoms with Gasteiger partial charge in [0.2, 0.25) is 5.91 Å². The molecular formula is C15H14N4O3. The minimum Gasteiger partial charge on any atom is -0.309 e. The summed E-state index contributed by atoms with van der Waals surface area (Å²) in [6.07, 6.45) is 1.74. The van der Waals surface area contributed by atoms with Gasteiger partial charge in [-0.2, -0.15) is 5.10 Å². The van der Waals surface area contributed by atoms with Gasteiger partial charge in [0.1, 0.15) is 0 Å². The fourth-order valence-corrected chi connectivity index (χ4v) is 2.34. The number of amides is 3. The molecule has 22 heavy (non-hydrogen) atoms. The molecule has 3 rings (SSSR count). The van der Waals surface area contributed by atoms with Gasteiger partial charge in [0.15, 0.2) is 5.82 Å². The predicted molar refractivity (Wildman–Crippen MR) is 78.3 cm³/mol. The number of aryl methyl sites for hydroxylation is 1. The van der Waals surface area contributed by atoms with E-state index in [1.54, 1.807) is 48.3 Å². The molecular weight excluding hydrogens is 284 g/mol. The predicted octanol–water partition coefficient (Wildman–Crippen LogP) is 1.04. The van der Waals surface area contributed by atoms with Crippen LogP contribution < -0.4 is 5.32 Å². The molecule has 0 radical (unpaired) electrons. The monoisotopic (exact) mass is 298 g/mol. The molecule has 0 aliphatic carbocycles. The Morgan fingerprint density at radius 3 is 2.32 bits per heavy atom. The Balaban J connectivity index is 1.62. The summed E-state index contributed by atoms with van der Waals surface area (Å²) in [5.74, 6) is -0.567. The number of nitrogens with zero attached hydrogens (tertiary/aromatic N) is 3. The second-order valence-electron chi connectivity index (χ2n) is 4.98. The molecule has 2 aromatic rings. The lowest BCUT2D eigenvalue weighted by molar-refractivity contribution is -0.116. The number of hydrogen-bond acceptors (Lipinski definition) is 4. The number of fused-ring (bicyclic) bond motifs is 1. The largest absolute Gasteiger partial charge is 0.309 e. The van der Waals surface area contributed by atoms with Crippen LogP contribution in [-0.2, 0) is 11.8 Å². The van der Waals surface area contributed by atoms with E-state index in [4.69, 9.17) is 0 Å². The van der Waals surface area contributed by atoms with Crippen molar-refractivity contribution in [2.24, 2.45) is 7.05 Å². The fraction of sp³-hybridized carbons (Fsp3) is 0.200. The van der Waals surface area contributed by atoms with Crippen molar-refractivity contribution in [3.8, 4) is 0 Å². The molecule has 1 aromatic heterocycles. The van der Waals surface area contributed by atoms with E-state index >= 15 is 0 Å². The van der Waals surface area contributed by atoms with Crippen molar-refractivity contribution in [3.05, 3.63) is 47.7 Å². The van der Waals surface area contributed by atoms with Crippen molar-refractivity contribution in [1.82, 2.24) is 14.7 Å². The van der Waals surface area contributed by atoms with Gasteiger partial charge in [-0.3, -0.25) is 24.0 Å². The highest BCUT2D eigenvalue weighted by Gasteiger charge is 2.34. The minimum absolute atomic E-state index is 0.0298. The molecule has 1 N–H and O–H groups in total. The van der Waals surface area contributed by atoms with E-state index in [9.17, 15) is 14.4 Å². The summed E-state index contributed by atoms with van der Waals surface area (Å²) in [6.45, 7) is 0.0466. The van der Waals surface area contributed by atoms with E-state index < -0.39 is 0 Å². The van der Waals surface area contributed by atoms with Gasteiger partial charge < -0.3 is 5.32 Å². The lowest BCUT2D eigenvalue weighted by atomic mass is 10.1. The lowest BCUT2D eigenvalue weighted by Crippen LogP contribution is -2.32. The first-order valence-corrected chi connectivity index (χ1v) is 6.81. The molecule has 0 saturated heterocycles. The highest BCUT2D eigenvalue weighted by atomic mass is 16.2. The summed E-state index contributed by atoms with van der Waals surface area (Å²) in [5.41, 5.74) is 0.773. The van der Waals surface area contributed by atoms with Gasteiger partial charge in [-0.1, -0.05) is 12.1 Å². The Morgan fingerprint density at radius 2 is 1.77 bits per heavy atom. The van der Waals surface area contributed by atoms with Crippen LogP contribution in [0.15, 0.2) is 36.5 Å². The van der Waals surface area contributed by atoms with E-state index in [0.29, 0.717) is 16.9 Å². The molecule has 3 amide bonds. The molecule has 0 atom stereocenters. The highest BCUT2D eigenvalue weighted by molar-refractivity contribution is 6.21. The van der Waals surface area contributed by atoms with Gasteiger partial charge in [0.25, 0.3) is 11.8 Å². The average Bonchev–Trinajstić information content (AvgIpc) is 3.01. The first-order valence-electron chi connectivity index (χ1n) is 6.81. The van der Waals surface area contributed by atoms with Gasteiger partial charge in [0.05, 0.1) is 11.1 Å². The van der Waals surface area contributed by atoms with E-state index in [1.165, 1.54) is 0 Å². The number of anilines is 1. The minimum atomic E-state index is -0.355. The number of rotatable bonds is 4. The summed E-state index contributed by atoms with van der Waals surface area (Å²) in [7, 11) is 1.74. The Morgan fingerprint density at radius 1 is 1.14 bits per heavy atom. The van der Waals surface area contributed by atoms with Gasteiger partial charge in [-0.25, -0.2) is 0 Å². The zero-order valence-electron chi connectivity index (χ0n) is 11.9. The molecule has 7 heteroatoms. The Kier molecular flexibility index (Phi) is 3.46. The number of benzene rings is 1. The van der Waals surface area contributed by atoms with E-state index in [1.807, 2.05) is 0 Å². The molecule has 0 saturated carbocycles. The van der Waals surface area contributed by atoms with Crippen molar-refractivity contribution < 1.29 is 14.4 Å². The molecule has 112 valence electrons. The third-order valence-electron chi connectivity index (χ3n) is 3.42. The summed E-state index contributed by atoms with van der Waals surface area (Å²) >= 11 is 0. The van der Waals surface area contributed by atoms with Crippen LogP contribution in [0.1, 0.15) is 27.1 Å². The van der Waals surface area contributed by atoms with Crippen LogP contribution in [0.2, 0.25) is 0 Å². The van der Waals surface area contributed by atoms with Crippen molar-refractivity contribution in [3.63, 3.8) is 0 Å². The molecule has 0 unspecified atom stereocenters. The summed E-state index contributed by atoms with van der Waals surface area (Å²) in [6, 6.07) is 8.32. The topological polar surface area (TPSA) is 84.3 Å². The highest BCUT2D eigenvalue weighted by Crippen LogP contribution is 2.22. The Hall–Kier alpha value is -2.96. The number of carbonyl (C=O) groups excluding carboxylic acids is 3. The summed E-state index contributed by atoms with van der Waals surface area (Å²) in [5, 5.41) is 6.65. The second-order valence-corrected chi connectivity index (χ2v) is 4.98. The zero-order valence-corrected chi connectivity index (χ0v) is 11.9. The van der Waals surface area contributed by atoms with Gasteiger partial charge in [-0.05, 0) is 12.1 Å². The average molecular weight is 298 g/mol. The van der Waals surface area contributed by atoms with Gasteiger partial charge in [0, 0.05) is 32.3 Å². The molecule has 1 aromatic carbocycles. The third-order valence-corrected chi connectivity index (χ3v) is 3.42. The van der Waals surface area contributed by atoms with Gasteiger partial charge >= 0.3 is 0 Å².